The van der Waals surface area contributed by atoms with E-state index in [9.17, 15) is 4.79 Å². The maximum atomic E-state index is 10.9. The van der Waals surface area contributed by atoms with E-state index in [-0.39, 0.29) is 11.2 Å². The van der Waals surface area contributed by atoms with Crippen LogP contribution in [-0.4, -0.2) is 19.5 Å². The molecule has 12 heavy (non-hydrogen) atoms. The molecular weight excluding hydrogens is 152 g/mol. The van der Waals surface area contributed by atoms with Gasteiger partial charge >= 0.3 is 0 Å². The number of carbonyl (C=O) groups excluding carboxylic acids is 1. The fourth-order valence-electron chi connectivity index (χ4n) is 1.29. The summed E-state index contributed by atoms with van der Waals surface area (Å²) in [6, 6.07) is 0. The maximum absolute atomic E-state index is 10.9. The number of hydrogen-bond acceptors (Lipinski definition) is 2. The largest absolute Gasteiger partial charge is 0.384 e. The van der Waals surface area contributed by atoms with Crippen LogP contribution in [0.5, 0.6) is 0 Å². The van der Waals surface area contributed by atoms with E-state index in [4.69, 9.17) is 4.74 Å². The molecule has 0 spiro atoms. The lowest BCUT2D eigenvalue weighted by Crippen LogP contribution is -2.27. The Kier molecular flexibility index (Phi) is 4.46. The van der Waals surface area contributed by atoms with Crippen LogP contribution in [0.25, 0.3) is 0 Å². The number of ether oxygens (including phenoxy) is 1. The number of ketones is 1. The van der Waals surface area contributed by atoms with Crippen LogP contribution in [0, 0.1) is 11.3 Å². The van der Waals surface area contributed by atoms with Crippen molar-refractivity contribution in [1.29, 1.82) is 0 Å². The second-order valence-corrected chi connectivity index (χ2v) is 4.22. The summed E-state index contributed by atoms with van der Waals surface area (Å²) < 4.78 is 5.06. The van der Waals surface area contributed by atoms with Gasteiger partial charge in [0.1, 0.15) is 5.78 Å². The molecule has 0 saturated carbocycles. The Morgan fingerprint density at radius 2 is 2.00 bits per heavy atom. The predicted molar refractivity (Wildman–Crippen MR) is 50.1 cm³/mol. The van der Waals surface area contributed by atoms with Gasteiger partial charge in [0.25, 0.3) is 0 Å². The topological polar surface area (TPSA) is 26.3 Å². The molecule has 0 radical (unpaired) electrons. The summed E-state index contributed by atoms with van der Waals surface area (Å²) in [7, 11) is 1.69. The first-order valence-electron chi connectivity index (χ1n) is 4.38. The zero-order chi connectivity index (χ0) is 9.78. The molecule has 0 bridgehead atoms. The summed E-state index contributed by atoms with van der Waals surface area (Å²) in [5.74, 6) is 0.675. The van der Waals surface area contributed by atoms with E-state index >= 15 is 0 Å². The Hall–Kier alpha value is -0.370. The van der Waals surface area contributed by atoms with Gasteiger partial charge in [-0.2, -0.15) is 0 Å². The van der Waals surface area contributed by atoms with Crippen molar-refractivity contribution in [2.24, 2.45) is 11.3 Å². The van der Waals surface area contributed by atoms with Crippen molar-refractivity contribution in [3.05, 3.63) is 0 Å². The highest BCUT2D eigenvalue weighted by Gasteiger charge is 2.26. The van der Waals surface area contributed by atoms with Crippen molar-refractivity contribution in [2.45, 2.75) is 34.1 Å². The third kappa shape index (κ3) is 3.86. The molecule has 0 aromatic carbocycles. The maximum Gasteiger partial charge on any atom is 0.130 e. The van der Waals surface area contributed by atoms with Crippen molar-refractivity contribution in [1.82, 2.24) is 0 Å². The van der Waals surface area contributed by atoms with Crippen LogP contribution < -0.4 is 0 Å². The molecule has 0 aliphatic heterocycles. The molecule has 0 N–H and O–H groups in total. The smallest absolute Gasteiger partial charge is 0.130 e. The Balaban J connectivity index is 4.07. The number of carbonyl (C=O) groups is 1. The van der Waals surface area contributed by atoms with Crippen LogP contribution in [0.1, 0.15) is 34.1 Å². The Bertz CT molecular complexity index is 150. The summed E-state index contributed by atoms with van der Waals surface area (Å²) in [5, 5.41) is 0. The third-order valence-corrected chi connectivity index (χ3v) is 2.46. The van der Waals surface area contributed by atoms with E-state index in [2.05, 4.69) is 20.8 Å². The van der Waals surface area contributed by atoms with E-state index in [1.807, 2.05) is 0 Å². The minimum atomic E-state index is 0.0574. The summed E-state index contributed by atoms with van der Waals surface area (Å²) in [6.07, 6.45) is 0.636. The third-order valence-electron chi connectivity index (χ3n) is 2.46. The van der Waals surface area contributed by atoms with Gasteiger partial charge in [0.05, 0.1) is 0 Å². The Labute approximate surface area is 75.3 Å². The predicted octanol–water partition coefficient (Wildman–Crippen LogP) is 2.27. The van der Waals surface area contributed by atoms with E-state index in [0.717, 1.165) is 6.61 Å². The SMILES string of the molecule is COCC(C)C(C)(C)CC(C)=O. The van der Waals surface area contributed by atoms with E-state index in [1.165, 1.54) is 0 Å². The van der Waals surface area contributed by atoms with Crippen LogP contribution >= 0.6 is 0 Å². The van der Waals surface area contributed by atoms with Crippen molar-refractivity contribution >= 4 is 5.78 Å². The minimum Gasteiger partial charge on any atom is -0.384 e. The highest BCUT2D eigenvalue weighted by molar-refractivity contribution is 5.76. The lowest BCUT2D eigenvalue weighted by Gasteiger charge is -2.30. The van der Waals surface area contributed by atoms with Crippen molar-refractivity contribution < 1.29 is 9.53 Å². The Morgan fingerprint density at radius 3 is 2.33 bits per heavy atom. The molecule has 0 aliphatic rings. The molecule has 2 heteroatoms. The van der Waals surface area contributed by atoms with Gasteiger partial charge in [-0.05, 0) is 18.3 Å². The van der Waals surface area contributed by atoms with Crippen LogP contribution in [0.3, 0.4) is 0 Å². The molecule has 0 aliphatic carbocycles. The molecule has 0 saturated heterocycles. The van der Waals surface area contributed by atoms with Gasteiger partial charge in [0.15, 0.2) is 0 Å². The number of hydrogen-bond donors (Lipinski definition) is 0. The van der Waals surface area contributed by atoms with Crippen LogP contribution in [0.4, 0.5) is 0 Å². The molecule has 1 unspecified atom stereocenters. The zero-order valence-electron chi connectivity index (χ0n) is 8.81. The summed E-state index contributed by atoms with van der Waals surface area (Å²) in [5.41, 5.74) is 0.0574. The summed E-state index contributed by atoms with van der Waals surface area (Å²) >= 11 is 0. The van der Waals surface area contributed by atoms with Gasteiger partial charge < -0.3 is 9.53 Å². The van der Waals surface area contributed by atoms with E-state index < -0.39 is 0 Å². The molecule has 2 nitrogen and oxygen atoms in total. The van der Waals surface area contributed by atoms with Crippen molar-refractivity contribution in [2.75, 3.05) is 13.7 Å². The lowest BCUT2D eigenvalue weighted by molar-refractivity contribution is -0.119. The molecule has 0 fully saturated rings. The second-order valence-electron chi connectivity index (χ2n) is 4.22. The summed E-state index contributed by atoms with van der Waals surface area (Å²) in [4.78, 5) is 10.9. The molecule has 0 rings (SSSR count). The fraction of sp³-hybridized carbons (Fsp3) is 0.900. The average Bonchev–Trinajstić information content (AvgIpc) is 1.85. The van der Waals surface area contributed by atoms with Gasteiger partial charge in [0.2, 0.25) is 0 Å². The number of methoxy groups -OCH3 is 1. The number of rotatable bonds is 5. The molecular formula is C10H20O2. The zero-order valence-corrected chi connectivity index (χ0v) is 8.81. The van der Waals surface area contributed by atoms with Gasteiger partial charge in [-0.15, -0.1) is 0 Å². The van der Waals surface area contributed by atoms with E-state index in [0.29, 0.717) is 12.3 Å². The first-order valence-corrected chi connectivity index (χ1v) is 4.38. The number of Topliss-reactive ketones (excluding diaryl/α,β-unsaturated/α-hetero) is 1. The Morgan fingerprint density at radius 1 is 1.50 bits per heavy atom. The van der Waals surface area contributed by atoms with E-state index in [1.54, 1.807) is 14.0 Å². The van der Waals surface area contributed by atoms with Gasteiger partial charge in [-0.1, -0.05) is 20.8 Å². The standard InChI is InChI=1S/C10H20O2/c1-8(7-12-5)10(3,4)6-9(2)11/h8H,6-7H2,1-5H3. The monoisotopic (exact) mass is 172 g/mol. The van der Waals surface area contributed by atoms with Crippen molar-refractivity contribution in [3.63, 3.8) is 0 Å². The molecule has 1 atom stereocenters. The quantitative estimate of drug-likeness (QED) is 0.636. The highest BCUT2D eigenvalue weighted by Crippen LogP contribution is 2.30. The molecule has 72 valence electrons. The van der Waals surface area contributed by atoms with Crippen LogP contribution in [0.2, 0.25) is 0 Å². The molecule has 0 aromatic rings. The van der Waals surface area contributed by atoms with Crippen molar-refractivity contribution in [3.8, 4) is 0 Å². The molecule has 0 heterocycles. The first-order chi connectivity index (χ1) is 5.40. The second kappa shape index (κ2) is 4.61. The molecule has 0 amide bonds. The highest BCUT2D eigenvalue weighted by atomic mass is 16.5. The molecule has 0 aromatic heterocycles. The summed E-state index contributed by atoms with van der Waals surface area (Å²) in [6.45, 7) is 8.70. The minimum absolute atomic E-state index is 0.0574. The average molecular weight is 172 g/mol. The fourth-order valence-corrected chi connectivity index (χ4v) is 1.29. The van der Waals surface area contributed by atoms with Gasteiger partial charge in [0, 0.05) is 20.1 Å². The van der Waals surface area contributed by atoms with Gasteiger partial charge in [-0.3, -0.25) is 0 Å². The normalized spacial score (nSPS) is 14.4. The van der Waals surface area contributed by atoms with Gasteiger partial charge in [-0.25, -0.2) is 0 Å². The lowest BCUT2D eigenvalue weighted by atomic mass is 9.76. The van der Waals surface area contributed by atoms with Crippen LogP contribution in [-0.2, 0) is 9.53 Å². The van der Waals surface area contributed by atoms with Crippen LogP contribution in [0.15, 0.2) is 0 Å². The first kappa shape index (κ1) is 11.6.